The number of ether oxygens (including phenoxy) is 2. The number of rotatable bonds is 11. The highest BCUT2D eigenvalue weighted by atomic mass is 32.1. The molecule has 2 aromatic carbocycles. The van der Waals surface area contributed by atoms with E-state index in [0.29, 0.717) is 32.7 Å². The minimum Gasteiger partial charge on any atom is -0.491 e. The molecule has 7 heteroatoms. The van der Waals surface area contributed by atoms with E-state index in [-0.39, 0.29) is 30.8 Å². The summed E-state index contributed by atoms with van der Waals surface area (Å²) in [7, 11) is 1.65. The van der Waals surface area contributed by atoms with E-state index < -0.39 is 0 Å². The lowest BCUT2D eigenvalue weighted by molar-refractivity contribution is -0.142. The number of aryl methyl sites for hydroxylation is 1. The van der Waals surface area contributed by atoms with Gasteiger partial charge in [0.1, 0.15) is 12.4 Å². The third-order valence-corrected chi connectivity index (χ3v) is 7.56. The van der Waals surface area contributed by atoms with Crippen LogP contribution in [0, 0.1) is 6.92 Å². The Morgan fingerprint density at radius 1 is 1.08 bits per heavy atom. The van der Waals surface area contributed by atoms with Gasteiger partial charge in [-0.3, -0.25) is 9.59 Å². The van der Waals surface area contributed by atoms with Gasteiger partial charge in [0.05, 0.1) is 19.0 Å². The molecule has 190 valence electrons. The first kappa shape index (κ1) is 25.9. The van der Waals surface area contributed by atoms with Crippen molar-refractivity contribution in [3.8, 4) is 5.75 Å². The third kappa shape index (κ3) is 6.53. The molecule has 0 unspecified atom stereocenters. The summed E-state index contributed by atoms with van der Waals surface area (Å²) in [5, 5.41) is 2.08. The van der Waals surface area contributed by atoms with Crippen molar-refractivity contribution in [3.05, 3.63) is 87.6 Å². The number of thiophene rings is 1. The van der Waals surface area contributed by atoms with Crippen LogP contribution in [0.3, 0.4) is 0 Å². The molecule has 0 spiro atoms. The van der Waals surface area contributed by atoms with Crippen molar-refractivity contribution in [1.29, 1.82) is 0 Å². The fourth-order valence-corrected chi connectivity index (χ4v) is 5.52. The molecular weight excluding hydrogens is 472 g/mol. The zero-order chi connectivity index (χ0) is 25.3. The van der Waals surface area contributed by atoms with E-state index in [1.54, 1.807) is 23.3 Å². The summed E-state index contributed by atoms with van der Waals surface area (Å²) in [5.41, 5.74) is 3.15. The van der Waals surface area contributed by atoms with Gasteiger partial charge in [0, 0.05) is 31.7 Å². The summed E-state index contributed by atoms with van der Waals surface area (Å²) in [5.74, 6) is 0.724. The van der Waals surface area contributed by atoms with Gasteiger partial charge in [-0.05, 0) is 54.0 Å². The SMILES string of the molecule is COCCCN(CC(=O)N1CCc2sccc2[C@H]1COc1ccccc1C)C(=O)Cc1ccccc1. The monoisotopic (exact) mass is 506 g/mol. The molecule has 0 radical (unpaired) electrons. The topological polar surface area (TPSA) is 59.1 Å². The minimum absolute atomic E-state index is 0.0494. The van der Waals surface area contributed by atoms with Crippen LogP contribution in [-0.2, 0) is 27.2 Å². The largest absolute Gasteiger partial charge is 0.491 e. The number of hydrogen-bond donors (Lipinski definition) is 0. The third-order valence-electron chi connectivity index (χ3n) is 6.56. The van der Waals surface area contributed by atoms with Crippen molar-refractivity contribution in [2.24, 2.45) is 0 Å². The summed E-state index contributed by atoms with van der Waals surface area (Å²) < 4.78 is 11.4. The first-order chi connectivity index (χ1) is 17.6. The first-order valence-corrected chi connectivity index (χ1v) is 13.3. The predicted octanol–water partition coefficient (Wildman–Crippen LogP) is 4.67. The molecule has 4 rings (SSSR count). The van der Waals surface area contributed by atoms with Crippen LogP contribution in [0.5, 0.6) is 5.75 Å². The van der Waals surface area contributed by atoms with Gasteiger partial charge in [0.25, 0.3) is 0 Å². The average Bonchev–Trinajstić information content (AvgIpc) is 3.37. The van der Waals surface area contributed by atoms with Crippen LogP contribution in [0.25, 0.3) is 0 Å². The van der Waals surface area contributed by atoms with Gasteiger partial charge in [-0.2, -0.15) is 0 Å². The number of fused-ring (bicyclic) bond motifs is 1. The van der Waals surface area contributed by atoms with E-state index >= 15 is 0 Å². The zero-order valence-electron chi connectivity index (χ0n) is 21.0. The van der Waals surface area contributed by atoms with Crippen molar-refractivity contribution < 1.29 is 19.1 Å². The van der Waals surface area contributed by atoms with E-state index in [4.69, 9.17) is 9.47 Å². The molecule has 0 saturated heterocycles. The Hall–Kier alpha value is -3.16. The van der Waals surface area contributed by atoms with E-state index in [1.165, 1.54) is 4.88 Å². The van der Waals surface area contributed by atoms with Crippen molar-refractivity contribution >= 4 is 23.2 Å². The van der Waals surface area contributed by atoms with Crippen LogP contribution in [0.2, 0.25) is 0 Å². The van der Waals surface area contributed by atoms with Crippen LogP contribution in [-0.4, -0.2) is 61.6 Å². The number of amides is 2. The number of carbonyl (C=O) groups is 2. The molecule has 1 aliphatic rings. The normalized spacial score (nSPS) is 14.8. The lowest BCUT2D eigenvalue weighted by Crippen LogP contribution is -2.48. The summed E-state index contributed by atoms with van der Waals surface area (Å²) in [4.78, 5) is 31.7. The van der Waals surface area contributed by atoms with E-state index in [9.17, 15) is 9.59 Å². The molecule has 2 amide bonds. The second kappa shape index (κ2) is 12.7. The quantitative estimate of drug-likeness (QED) is 0.355. The number of methoxy groups -OCH3 is 1. The Kier molecular flexibility index (Phi) is 9.14. The molecule has 3 aromatic rings. The maximum Gasteiger partial charge on any atom is 0.242 e. The fraction of sp³-hybridized carbons (Fsp3) is 0.379. The Bertz CT molecular complexity index is 1150. The Labute approximate surface area is 217 Å². The molecule has 36 heavy (non-hydrogen) atoms. The average molecular weight is 507 g/mol. The predicted molar refractivity (Wildman–Crippen MR) is 142 cm³/mol. The standard InChI is InChI=1S/C29H34N2O4S/c1-22-9-6-7-12-26(22)35-21-25-24-14-18-36-27(24)13-16-31(25)29(33)20-30(15-8-17-34-2)28(32)19-23-10-4-3-5-11-23/h3-7,9-12,14,18,25H,8,13,15-17,19-21H2,1-2H3/t25-/m1/s1. The van der Waals surface area contributed by atoms with Crippen molar-refractivity contribution in [1.82, 2.24) is 9.80 Å². The Morgan fingerprint density at radius 2 is 1.86 bits per heavy atom. The number of nitrogens with zero attached hydrogens (tertiary/aromatic N) is 2. The van der Waals surface area contributed by atoms with Gasteiger partial charge in [0.2, 0.25) is 11.8 Å². The molecular formula is C29H34N2O4S. The van der Waals surface area contributed by atoms with Crippen LogP contribution in [0.15, 0.2) is 66.0 Å². The van der Waals surface area contributed by atoms with Crippen molar-refractivity contribution in [2.45, 2.75) is 32.2 Å². The van der Waals surface area contributed by atoms with Crippen LogP contribution >= 0.6 is 11.3 Å². The lowest BCUT2D eigenvalue weighted by Gasteiger charge is -2.37. The second-order valence-electron chi connectivity index (χ2n) is 9.05. The van der Waals surface area contributed by atoms with Gasteiger partial charge < -0.3 is 19.3 Å². The first-order valence-electron chi connectivity index (χ1n) is 12.4. The fourth-order valence-electron chi connectivity index (χ4n) is 4.59. The maximum absolute atomic E-state index is 13.7. The van der Waals surface area contributed by atoms with E-state index in [1.807, 2.05) is 66.4 Å². The van der Waals surface area contributed by atoms with Crippen molar-refractivity contribution in [2.75, 3.05) is 40.0 Å². The molecule has 6 nitrogen and oxygen atoms in total. The number of para-hydroxylation sites is 1. The van der Waals surface area contributed by atoms with Gasteiger partial charge >= 0.3 is 0 Å². The Morgan fingerprint density at radius 3 is 2.64 bits per heavy atom. The molecule has 1 aliphatic heterocycles. The zero-order valence-corrected chi connectivity index (χ0v) is 21.8. The highest BCUT2D eigenvalue weighted by molar-refractivity contribution is 7.10. The number of carbonyl (C=O) groups excluding carboxylic acids is 2. The molecule has 0 bridgehead atoms. The molecule has 0 fully saturated rings. The van der Waals surface area contributed by atoms with E-state index in [2.05, 4.69) is 11.4 Å². The highest BCUT2D eigenvalue weighted by Gasteiger charge is 2.33. The molecule has 1 aromatic heterocycles. The smallest absolute Gasteiger partial charge is 0.242 e. The summed E-state index contributed by atoms with van der Waals surface area (Å²) in [6.45, 7) is 4.08. The lowest BCUT2D eigenvalue weighted by atomic mass is 10.00. The molecule has 2 heterocycles. The molecule has 0 saturated carbocycles. The van der Waals surface area contributed by atoms with Gasteiger partial charge in [-0.25, -0.2) is 0 Å². The summed E-state index contributed by atoms with van der Waals surface area (Å²) in [6, 6.07) is 19.5. The summed E-state index contributed by atoms with van der Waals surface area (Å²) >= 11 is 1.73. The highest BCUT2D eigenvalue weighted by Crippen LogP contribution is 2.34. The molecule has 0 aliphatic carbocycles. The number of hydrogen-bond acceptors (Lipinski definition) is 5. The van der Waals surface area contributed by atoms with Gasteiger partial charge in [-0.15, -0.1) is 11.3 Å². The van der Waals surface area contributed by atoms with Gasteiger partial charge in [0.15, 0.2) is 0 Å². The van der Waals surface area contributed by atoms with Crippen molar-refractivity contribution in [3.63, 3.8) is 0 Å². The van der Waals surface area contributed by atoms with Crippen LogP contribution in [0.1, 0.15) is 34.0 Å². The summed E-state index contributed by atoms with van der Waals surface area (Å²) in [6.07, 6.45) is 1.77. The molecule has 1 atom stereocenters. The second-order valence-corrected chi connectivity index (χ2v) is 10.1. The Balaban J connectivity index is 1.49. The number of benzene rings is 2. The van der Waals surface area contributed by atoms with Crippen LogP contribution < -0.4 is 4.74 Å². The minimum atomic E-state index is -0.183. The van der Waals surface area contributed by atoms with Crippen LogP contribution in [0.4, 0.5) is 0 Å². The van der Waals surface area contributed by atoms with Gasteiger partial charge in [-0.1, -0.05) is 48.5 Å². The maximum atomic E-state index is 13.7. The molecule has 0 N–H and O–H groups in total. The van der Waals surface area contributed by atoms with E-state index in [0.717, 1.165) is 28.9 Å².